The van der Waals surface area contributed by atoms with Crippen molar-refractivity contribution in [2.24, 2.45) is 4.99 Å². The summed E-state index contributed by atoms with van der Waals surface area (Å²) in [6, 6.07) is 0. The summed E-state index contributed by atoms with van der Waals surface area (Å²) in [5.74, 6) is -0.256. The zero-order chi connectivity index (χ0) is 10.4. The van der Waals surface area contributed by atoms with E-state index in [2.05, 4.69) is 15.0 Å². The number of methoxy groups -OCH3 is 1. The highest BCUT2D eigenvalue weighted by Crippen LogP contribution is 2.17. The van der Waals surface area contributed by atoms with Crippen LogP contribution in [0.15, 0.2) is 4.99 Å². The molecule has 0 aliphatic carbocycles. The fraction of sp³-hybridized carbons (Fsp3) is 0.625. The van der Waals surface area contributed by atoms with Crippen LogP contribution in [0, 0.1) is 0 Å². The van der Waals surface area contributed by atoms with Gasteiger partial charge in [-0.1, -0.05) is 11.8 Å². The van der Waals surface area contributed by atoms with Crippen LogP contribution >= 0.6 is 11.8 Å². The summed E-state index contributed by atoms with van der Waals surface area (Å²) < 4.78 is 4.48. The molecular formula is C8H12N2O3S. The molecule has 5 nitrogen and oxygen atoms in total. The lowest BCUT2D eigenvalue weighted by atomic mass is 10.4. The number of hydrogen-bond donors (Lipinski definition) is 1. The molecule has 14 heavy (non-hydrogen) atoms. The van der Waals surface area contributed by atoms with Crippen LogP contribution < -0.4 is 5.32 Å². The third-order valence-electron chi connectivity index (χ3n) is 1.66. The van der Waals surface area contributed by atoms with E-state index in [4.69, 9.17) is 0 Å². The van der Waals surface area contributed by atoms with Crippen molar-refractivity contribution in [2.75, 3.05) is 20.2 Å². The molecule has 0 saturated heterocycles. The molecule has 6 heteroatoms. The monoisotopic (exact) mass is 216 g/mol. The summed E-state index contributed by atoms with van der Waals surface area (Å²) in [4.78, 5) is 25.2. The van der Waals surface area contributed by atoms with E-state index < -0.39 is 0 Å². The van der Waals surface area contributed by atoms with Crippen molar-refractivity contribution in [2.45, 2.75) is 11.7 Å². The van der Waals surface area contributed by atoms with Gasteiger partial charge in [-0.05, 0) is 0 Å². The SMILES string of the molecule is COC(=O)CCNC1=NCC(C=O)S1. The zero-order valence-corrected chi connectivity index (χ0v) is 8.67. The van der Waals surface area contributed by atoms with Gasteiger partial charge in [0.25, 0.3) is 0 Å². The quantitative estimate of drug-likeness (QED) is 0.521. The van der Waals surface area contributed by atoms with E-state index >= 15 is 0 Å². The Morgan fingerprint density at radius 3 is 3.21 bits per heavy atom. The standard InChI is InChI=1S/C8H12N2O3S/c1-13-7(12)2-3-9-8-10-4-6(5-11)14-8/h5-6H,2-4H2,1H3,(H,9,10). The molecule has 0 radical (unpaired) electrons. The van der Waals surface area contributed by atoms with E-state index in [0.29, 0.717) is 19.5 Å². The van der Waals surface area contributed by atoms with Crippen molar-refractivity contribution in [1.29, 1.82) is 0 Å². The molecule has 1 N–H and O–H groups in total. The van der Waals surface area contributed by atoms with Crippen molar-refractivity contribution in [3.05, 3.63) is 0 Å². The molecule has 0 bridgehead atoms. The van der Waals surface area contributed by atoms with Gasteiger partial charge in [-0.2, -0.15) is 0 Å². The topological polar surface area (TPSA) is 67.8 Å². The Kier molecular flexibility index (Phi) is 4.45. The zero-order valence-electron chi connectivity index (χ0n) is 7.86. The van der Waals surface area contributed by atoms with E-state index in [9.17, 15) is 9.59 Å². The lowest BCUT2D eigenvalue weighted by molar-refractivity contribution is -0.140. The number of nitrogens with one attached hydrogen (secondary N) is 1. The average molecular weight is 216 g/mol. The second-order valence-corrected chi connectivity index (χ2v) is 3.92. The van der Waals surface area contributed by atoms with E-state index in [-0.39, 0.29) is 11.2 Å². The Bertz CT molecular complexity index is 255. The number of carbonyl (C=O) groups excluding carboxylic acids is 2. The minimum atomic E-state index is -0.256. The van der Waals surface area contributed by atoms with Gasteiger partial charge in [0.15, 0.2) is 5.17 Å². The normalized spacial score (nSPS) is 20.1. The van der Waals surface area contributed by atoms with Crippen LogP contribution in [0.3, 0.4) is 0 Å². The smallest absolute Gasteiger partial charge is 0.307 e. The van der Waals surface area contributed by atoms with Crippen LogP contribution in [-0.4, -0.2) is 42.9 Å². The number of aliphatic imine (C=N–C) groups is 1. The second-order valence-electron chi connectivity index (χ2n) is 2.69. The number of esters is 1. The minimum absolute atomic E-state index is 0.0735. The van der Waals surface area contributed by atoms with Crippen LogP contribution in [0.4, 0.5) is 0 Å². The van der Waals surface area contributed by atoms with E-state index in [1.807, 2.05) is 0 Å². The fourth-order valence-corrected chi connectivity index (χ4v) is 1.76. The van der Waals surface area contributed by atoms with Gasteiger partial charge in [-0.3, -0.25) is 9.79 Å². The summed E-state index contributed by atoms with van der Waals surface area (Å²) in [6.45, 7) is 1.01. The van der Waals surface area contributed by atoms with Crippen molar-refractivity contribution in [1.82, 2.24) is 5.32 Å². The first kappa shape index (κ1) is 11.0. The lowest BCUT2D eigenvalue weighted by Crippen LogP contribution is -2.23. The van der Waals surface area contributed by atoms with E-state index in [0.717, 1.165) is 11.5 Å². The van der Waals surface area contributed by atoms with Crippen LogP contribution in [-0.2, 0) is 14.3 Å². The third kappa shape index (κ3) is 3.37. The van der Waals surface area contributed by atoms with E-state index in [1.54, 1.807) is 0 Å². The first-order valence-corrected chi connectivity index (χ1v) is 5.11. The molecule has 1 aliphatic rings. The van der Waals surface area contributed by atoms with Crippen molar-refractivity contribution < 1.29 is 14.3 Å². The Labute approximate surface area is 86.3 Å². The number of thioether (sulfide) groups is 1. The number of aldehydes is 1. The van der Waals surface area contributed by atoms with Crippen LogP contribution in [0.1, 0.15) is 6.42 Å². The third-order valence-corrected chi connectivity index (χ3v) is 2.72. The van der Waals surface area contributed by atoms with Gasteiger partial charge < -0.3 is 14.8 Å². The summed E-state index contributed by atoms with van der Waals surface area (Å²) in [7, 11) is 1.35. The molecule has 0 fully saturated rings. The molecule has 1 aliphatic heterocycles. The van der Waals surface area contributed by atoms with Gasteiger partial charge in [0.05, 0.1) is 25.3 Å². The molecule has 0 saturated carbocycles. The maximum absolute atomic E-state index is 10.7. The second kappa shape index (κ2) is 5.64. The number of nitrogens with zero attached hydrogens (tertiary/aromatic N) is 1. The van der Waals surface area contributed by atoms with Gasteiger partial charge in [-0.15, -0.1) is 0 Å². The number of amidine groups is 1. The van der Waals surface area contributed by atoms with Crippen LogP contribution in [0.2, 0.25) is 0 Å². The van der Waals surface area contributed by atoms with Gasteiger partial charge in [0, 0.05) is 6.54 Å². The molecule has 0 aromatic rings. The molecule has 0 amide bonds. The predicted octanol–water partition coefficient (Wildman–Crippen LogP) is -0.191. The van der Waals surface area contributed by atoms with Crippen molar-refractivity contribution in [3.63, 3.8) is 0 Å². The molecular weight excluding hydrogens is 204 g/mol. The predicted molar refractivity (Wildman–Crippen MR) is 54.4 cm³/mol. The summed E-state index contributed by atoms with van der Waals surface area (Å²) in [6.07, 6.45) is 1.19. The van der Waals surface area contributed by atoms with E-state index in [1.165, 1.54) is 18.9 Å². The molecule has 1 unspecified atom stereocenters. The number of rotatable bonds is 4. The highest BCUT2D eigenvalue weighted by Gasteiger charge is 2.18. The summed E-state index contributed by atoms with van der Waals surface area (Å²) in [5.41, 5.74) is 0. The van der Waals surface area contributed by atoms with Gasteiger partial charge in [-0.25, -0.2) is 0 Å². The lowest BCUT2D eigenvalue weighted by Gasteiger charge is -2.03. The largest absolute Gasteiger partial charge is 0.469 e. The molecule has 1 heterocycles. The van der Waals surface area contributed by atoms with Crippen molar-refractivity contribution in [3.8, 4) is 0 Å². The Balaban J connectivity index is 2.14. The molecule has 0 aromatic carbocycles. The Morgan fingerprint density at radius 2 is 2.64 bits per heavy atom. The number of hydrogen-bond acceptors (Lipinski definition) is 6. The molecule has 0 aromatic heterocycles. The minimum Gasteiger partial charge on any atom is -0.469 e. The highest BCUT2D eigenvalue weighted by atomic mass is 32.2. The first-order valence-electron chi connectivity index (χ1n) is 4.23. The number of carbonyl (C=O) groups is 2. The average Bonchev–Trinajstić information content (AvgIpc) is 2.65. The molecule has 78 valence electrons. The number of ether oxygens (including phenoxy) is 1. The molecule has 0 spiro atoms. The fourth-order valence-electron chi connectivity index (χ4n) is 0.933. The molecule has 1 atom stereocenters. The maximum Gasteiger partial charge on any atom is 0.307 e. The Morgan fingerprint density at radius 1 is 1.86 bits per heavy atom. The van der Waals surface area contributed by atoms with Crippen molar-refractivity contribution >= 4 is 29.2 Å². The van der Waals surface area contributed by atoms with Crippen LogP contribution in [0.25, 0.3) is 0 Å². The molecule has 1 rings (SSSR count). The maximum atomic E-state index is 10.7. The van der Waals surface area contributed by atoms with Gasteiger partial charge in [0.1, 0.15) is 6.29 Å². The summed E-state index contributed by atoms with van der Waals surface area (Å²) >= 11 is 1.39. The van der Waals surface area contributed by atoms with Gasteiger partial charge in [0.2, 0.25) is 0 Å². The highest BCUT2D eigenvalue weighted by molar-refractivity contribution is 8.15. The van der Waals surface area contributed by atoms with Gasteiger partial charge >= 0.3 is 5.97 Å². The Hall–Kier alpha value is -1.04. The van der Waals surface area contributed by atoms with Crippen LogP contribution in [0.5, 0.6) is 0 Å². The summed E-state index contributed by atoms with van der Waals surface area (Å²) in [5, 5.41) is 3.62. The first-order chi connectivity index (χ1) is 6.76.